The summed E-state index contributed by atoms with van der Waals surface area (Å²) in [5.41, 5.74) is 11.3. The van der Waals surface area contributed by atoms with Gasteiger partial charge in [0.05, 0.1) is 0 Å². The fraction of sp³-hybridized carbons (Fsp3) is 0.600. The van der Waals surface area contributed by atoms with Crippen molar-refractivity contribution >= 4 is 5.69 Å². The summed E-state index contributed by atoms with van der Waals surface area (Å²) in [6.07, 6.45) is 5.34. The molecule has 0 unspecified atom stereocenters. The van der Waals surface area contributed by atoms with E-state index in [1.807, 2.05) is 0 Å². The Morgan fingerprint density at radius 1 is 1.06 bits per heavy atom. The number of nitrogen functional groups attached to an aromatic ring is 1. The lowest BCUT2D eigenvalue weighted by molar-refractivity contribution is 0.348. The lowest BCUT2D eigenvalue weighted by Crippen LogP contribution is -2.13. The third-order valence-corrected chi connectivity index (χ3v) is 4.28. The molecule has 0 atom stereocenters. The van der Waals surface area contributed by atoms with Crippen molar-refractivity contribution in [3.63, 3.8) is 0 Å². The topological polar surface area (TPSA) is 26.0 Å². The third-order valence-electron chi connectivity index (χ3n) is 4.28. The molecule has 1 heteroatoms. The molecule has 16 heavy (non-hydrogen) atoms. The second-order valence-corrected chi connectivity index (χ2v) is 5.47. The first-order chi connectivity index (χ1) is 7.59. The average Bonchev–Trinajstić information content (AvgIpc) is 2.28. The van der Waals surface area contributed by atoms with Gasteiger partial charge in [-0.3, -0.25) is 0 Å². The lowest BCUT2D eigenvalue weighted by atomic mass is 9.78. The van der Waals surface area contributed by atoms with Crippen LogP contribution in [0.2, 0.25) is 0 Å². The summed E-state index contributed by atoms with van der Waals surface area (Å²) < 4.78 is 0. The molecule has 88 valence electrons. The monoisotopic (exact) mass is 217 g/mol. The van der Waals surface area contributed by atoms with Gasteiger partial charge >= 0.3 is 0 Å². The molecule has 1 aromatic carbocycles. The Morgan fingerprint density at radius 3 is 2.31 bits per heavy atom. The Hall–Kier alpha value is -0.980. The third kappa shape index (κ3) is 2.09. The number of anilines is 1. The van der Waals surface area contributed by atoms with Crippen molar-refractivity contribution in [1.29, 1.82) is 0 Å². The SMILES string of the molecule is Cc1ccc(C2CCC(C)CC2)c(N)c1C. The number of rotatable bonds is 1. The highest BCUT2D eigenvalue weighted by Crippen LogP contribution is 2.38. The highest BCUT2D eigenvalue weighted by molar-refractivity contribution is 5.57. The van der Waals surface area contributed by atoms with E-state index in [-0.39, 0.29) is 0 Å². The first kappa shape index (κ1) is 11.5. The van der Waals surface area contributed by atoms with Crippen molar-refractivity contribution in [2.24, 2.45) is 5.92 Å². The molecule has 2 N–H and O–H groups in total. The first-order valence-corrected chi connectivity index (χ1v) is 6.45. The smallest absolute Gasteiger partial charge is 0.0381 e. The molecule has 0 bridgehead atoms. The van der Waals surface area contributed by atoms with Crippen LogP contribution in [0.3, 0.4) is 0 Å². The molecular formula is C15H23N. The summed E-state index contributed by atoms with van der Waals surface area (Å²) in [5.74, 6) is 1.61. The number of hydrogen-bond donors (Lipinski definition) is 1. The van der Waals surface area contributed by atoms with Crippen molar-refractivity contribution in [3.8, 4) is 0 Å². The summed E-state index contributed by atoms with van der Waals surface area (Å²) in [7, 11) is 0. The summed E-state index contributed by atoms with van der Waals surface area (Å²) in [5, 5.41) is 0. The van der Waals surface area contributed by atoms with Crippen LogP contribution < -0.4 is 5.73 Å². The molecule has 0 saturated heterocycles. The zero-order valence-corrected chi connectivity index (χ0v) is 10.7. The van der Waals surface area contributed by atoms with E-state index in [9.17, 15) is 0 Å². The minimum atomic E-state index is 0.704. The maximum absolute atomic E-state index is 6.25. The van der Waals surface area contributed by atoms with Crippen LogP contribution in [-0.4, -0.2) is 0 Å². The molecule has 1 fully saturated rings. The average molecular weight is 217 g/mol. The molecule has 2 rings (SSSR count). The zero-order chi connectivity index (χ0) is 11.7. The Kier molecular flexibility index (Phi) is 3.22. The number of hydrogen-bond acceptors (Lipinski definition) is 1. The lowest BCUT2D eigenvalue weighted by Gasteiger charge is -2.28. The molecule has 1 aliphatic carbocycles. The van der Waals surface area contributed by atoms with Gasteiger partial charge in [0.2, 0.25) is 0 Å². The Labute approximate surface area is 99.0 Å². The number of aryl methyl sites for hydroxylation is 1. The van der Waals surface area contributed by atoms with Crippen LogP contribution in [0, 0.1) is 19.8 Å². The van der Waals surface area contributed by atoms with Crippen molar-refractivity contribution < 1.29 is 0 Å². The van der Waals surface area contributed by atoms with Crippen LogP contribution in [-0.2, 0) is 0 Å². The van der Waals surface area contributed by atoms with Gasteiger partial charge < -0.3 is 5.73 Å². The van der Waals surface area contributed by atoms with Gasteiger partial charge in [-0.25, -0.2) is 0 Å². The predicted octanol–water partition coefficient (Wildman–Crippen LogP) is 4.18. The van der Waals surface area contributed by atoms with E-state index < -0.39 is 0 Å². The Morgan fingerprint density at radius 2 is 1.69 bits per heavy atom. The van der Waals surface area contributed by atoms with Crippen LogP contribution >= 0.6 is 0 Å². The summed E-state index contributed by atoms with van der Waals surface area (Å²) in [4.78, 5) is 0. The summed E-state index contributed by atoms with van der Waals surface area (Å²) in [6, 6.07) is 4.47. The van der Waals surface area contributed by atoms with Crippen molar-refractivity contribution in [2.45, 2.75) is 52.4 Å². The maximum atomic E-state index is 6.25. The van der Waals surface area contributed by atoms with Gasteiger partial charge in [0.15, 0.2) is 0 Å². The van der Waals surface area contributed by atoms with Crippen LogP contribution in [0.15, 0.2) is 12.1 Å². The van der Waals surface area contributed by atoms with Crippen molar-refractivity contribution in [1.82, 2.24) is 0 Å². The molecule has 0 spiro atoms. The molecule has 0 amide bonds. The number of benzene rings is 1. The summed E-state index contributed by atoms with van der Waals surface area (Å²) in [6.45, 7) is 6.64. The van der Waals surface area contributed by atoms with E-state index in [4.69, 9.17) is 5.73 Å². The minimum Gasteiger partial charge on any atom is -0.398 e. The molecular weight excluding hydrogens is 194 g/mol. The first-order valence-electron chi connectivity index (χ1n) is 6.45. The molecule has 1 aromatic rings. The van der Waals surface area contributed by atoms with E-state index in [1.165, 1.54) is 42.4 Å². The number of nitrogens with two attached hydrogens (primary N) is 1. The molecule has 1 saturated carbocycles. The van der Waals surface area contributed by atoms with E-state index in [0.29, 0.717) is 5.92 Å². The second-order valence-electron chi connectivity index (χ2n) is 5.47. The van der Waals surface area contributed by atoms with Gasteiger partial charge in [-0.15, -0.1) is 0 Å². The second kappa shape index (κ2) is 4.48. The molecule has 0 aromatic heterocycles. The van der Waals surface area contributed by atoms with E-state index in [0.717, 1.165) is 11.6 Å². The van der Waals surface area contributed by atoms with Gasteiger partial charge in [-0.1, -0.05) is 31.9 Å². The normalized spacial score (nSPS) is 25.7. The Bertz CT molecular complexity index is 373. The minimum absolute atomic E-state index is 0.704. The highest BCUT2D eigenvalue weighted by atomic mass is 14.6. The largest absolute Gasteiger partial charge is 0.398 e. The fourth-order valence-electron chi connectivity index (χ4n) is 2.79. The van der Waals surface area contributed by atoms with Gasteiger partial charge in [0.25, 0.3) is 0 Å². The van der Waals surface area contributed by atoms with Crippen molar-refractivity contribution in [3.05, 3.63) is 28.8 Å². The van der Waals surface area contributed by atoms with E-state index in [2.05, 4.69) is 32.9 Å². The van der Waals surface area contributed by atoms with Gasteiger partial charge in [0, 0.05) is 5.69 Å². The van der Waals surface area contributed by atoms with Crippen LogP contribution in [0.25, 0.3) is 0 Å². The van der Waals surface area contributed by atoms with E-state index in [1.54, 1.807) is 0 Å². The van der Waals surface area contributed by atoms with Gasteiger partial charge in [0.1, 0.15) is 0 Å². The maximum Gasteiger partial charge on any atom is 0.0381 e. The Balaban J connectivity index is 2.24. The fourth-order valence-corrected chi connectivity index (χ4v) is 2.79. The van der Waals surface area contributed by atoms with Gasteiger partial charge in [-0.2, -0.15) is 0 Å². The molecule has 0 radical (unpaired) electrons. The highest BCUT2D eigenvalue weighted by Gasteiger charge is 2.21. The van der Waals surface area contributed by atoms with Crippen molar-refractivity contribution in [2.75, 3.05) is 5.73 Å². The predicted molar refractivity (Wildman–Crippen MR) is 70.7 cm³/mol. The zero-order valence-electron chi connectivity index (χ0n) is 10.7. The van der Waals surface area contributed by atoms with Gasteiger partial charge in [-0.05, 0) is 55.2 Å². The van der Waals surface area contributed by atoms with E-state index >= 15 is 0 Å². The van der Waals surface area contributed by atoms with Crippen LogP contribution in [0.5, 0.6) is 0 Å². The van der Waals surface area contributed by atoms with Crippen LogP contribution in [0.4, 0.5) is 5.69 Å². The molecule has 1 nitrogen and oxygen atoms in total. The summed E-state index contributed by atoms with van der Waals surface area (Å²) >= 11 is 0. The standard InChI is InChI=1S/C15H23N/c1-10-4-7-13(8-5-10)14-9-6-11(2)12(3)15(14)16/h6,9-10,13H,4-5,7-8,16H2,1-3H3. The molecule has 0 aliphatic heterocycles. The molecule has 0 heterocycles. The van der Waals surface area contributed by atoms with Crippen LogP contribution in [0.1, 0.15) is 55.2 Å². The molecule has 1 aliphatic rings. The quantitative estimate of drug-likeness (QED) is 0.702.